The highest BCUT2D eigenvalue weighted by atomic mass is 32.5. The van der Waals surface area contributed by atoms with Gasteiger partial charge in [-0.05, 0) is 19.1 Å². The number of benzene rings is 1. The molecule has 1 aliphatic rings. The van der Waals surface area contributed by atoms with Gasteiger partial charge in [-0.2, -0.15) is 0 Å². The molecule has 0 radical (unpaired) electrons. The van der Waals surface area contributed by atoms with E-state index in [1.54, 1.807) is 37.3 Å². The van der Waals surface area contributed by atoms with E-state index < -0.39 is 43.0 Å². The highest BCUT2D eigenvalue weighted by Gasteiger charge is 2.40. The van der Waals surface area contributed by atoms with Gasteiger partial charge >= 0.3 is 12.4 Å². The van der Waals surface area contributed by atoms with Crippen molar-refractivity contribution in [3.05, 3.63) is 62.9 Å². The highest BCUT2D eigenvalue weighted by Crippen LogP contribution is 2.48. The first-order chi connectivity index (χ1) is 12.8. The van der Waals surface area contributed by atoms with Gasteiger partial charge in [-0.25, -0.2) is 4.79 Å². The van der Waals surface area contributed by atoms with Crippen molar-refractivity contribution in [1.82, 2.24) is 9.55 Å². The van der Waals surface area contributed by atoms with E-state index in [9.17, 15) is 19.6 Å². The fourth-order valence-electron chi connectivity index (χ4n) is 2.75. The SMILES string of the molecule is Cc1cn([C@H]2C[C@H](OP(O)(=S)Oc3ccccc3)[C@@H](CO)O2)c(=O)[nH]c1=O. The van der Waals surface area contributed by atoms with E-state index in [2.05, 4.69) is 4.98 Å². The zero-order valence-corrected chi connectivity index (χ0v) is 16.1. The smallest absolute Gasteiger partial charge is 0.378 e. The molecule has 3 N–H and O–H groups in total. The molecule has 4 atom stereocenters. The maximum Gasteiger partial charge on any atom is 0.378 e. The Bertz CT molecular complexity index is 961. The lowest BCUT2D eigenvalue weighted by atomic mass is 10.2. The predicted octanol–water partition coefficient (Wildman–Crippen LogP) is 0.806. The molecule has 146 valence electrons. The number of aliphatic hydroxyl groups excluding tert-OH is 1. The number of para-hydroxylation sites is 1. The molecule has 1 fully saturated rings. The van der Waals surface area contributed by atoms with Crippen molar-refractivity contribution in [2.75, 3.05) is 6.61 Å². The third-order valence-corrected chi connectivity index (χ3v) is 5.51. The molecule has 1 saturated heterocycles. The molecule has 9 nitrogen and oxygen atoms in total. The quantitative estimate of drug-likeness (QED) is 0.594. The van der Waals surface area contributed by atoms with E-state index in [0.29, 0.717) is 11.3 Å². The Morgan fingerprint density at radius 2 is 2.07 bits per heavy atom. The molecule has 0 aliphatic carbocycles. The van der Waals surface area contributed by atoms with Crippen molar-refractivity contribution in [2.45, 2.75) is 31.8 Å². The monoisotopic (exact) mass is 414 g/mol. The average Bonchev–Trinajstić information content (AvgIpc) is 3.00. The Morgan fingerprint density at radius 1 is 1.37 bits per heavy atom. The minimum atomic E-state index is -3.66. The van der Waals surface area contributed by atoms with Crippen LogP contribution < -0.4 is 15.8 Å². The van der Waals surface area contributed by atoms with Gasteiger partial charge in [-0.3, -0.25) is 18.9 Å². The van der Waals surface area contributed by atoms with Gasteiger partial charge in [0, 0.05) is 30.0 Å². The van der Waals surface area contributed by atoms with E-state index in [1.807, 2.05) is 0 Å². The summed E-state index contributed by atoms with van der Waals surface area (Å²) in [5, 5.41) is 9.56. The van der Waals surface area contributed by atoms with Gasteiger partial charge in [0.2, 0.25) is 0 Å². The van der Waals surface area contributed by atoms with Crippen molar-refractivity contribution in [1.29, 1.82) is 0 Å². The van der Waals surface area contributed by atoms with Gasteiger partial charge in [-0.1, -0.05) is 18.2 Å². The van der Waals surface area contributed by atoms with Gasteiger partial charge < -0.3 is 19.3 Å². The average molecular weight is 414 g/mol. The van der Waals surface area contributed by atoms with Gasteiger partial charge in [0.15, 0.2) is 0 Å². The van der Waals surface area contributed by atoms with Crippen molar-refractivity contribution in [3.63, 3.8) is 0 Å². The van der Waals surface area contributed by atoms with Crippen molar-refractivity contribution in [3.8, 4) is 5.75 Å². The molecule has 1 aromatic carbocycles. The summed E-state index contributed by atoms with van der Waals surface area (Å²) in [5.41, 5.74) is -0.789. The molecule has 1 aliphatic heterocycles. The van der Waals surface area contributed by atoms with Gasteiger partial charge in [0.1, 0.15) is 24.2 Å². The predicted molar refractivity (Wildman–Crippen MR) is 100 cm³/mol. The summed E-state index contributed by atoms with van der Waals surface area (Å²) < 4.78 is 17.8. The number of aromatic amines is 1. The highest BCUT2D eigenvalue weighted by molar-refractivity contribution is 8.07. The molecule has 11 heteroatoms. The zero-order valence-electron chi connectivity index (χ0n) is 14.3. The first-order valence-corrected chi connectivity index (χ1v) is 10.7. The van der Waals surface area contributed by atoms with Crippen LogP contribution in [0.1, 0.15) is 18.2 Å². The number of nitrogens with zero attached hydrogens (tertiary/aromatic N) is 1. The maximum absolute atomic E-state index is 12.0. The Hall–Kier alpha value is -1.81. The van der Waals surface area contributed by atoms with E-state index in [0.717, 1.165) is 0 Å². The number of aliphatic hydroxyl groups is 1. The minimum absolute atomic E-state index is 0.133. The normalized spacial score (nSPS) is 24.5. The largest absolute Gasteiger partial charge is 0.424 e. The lowest BCUT2D eigenvalue weighted by molar-refractivity contribution is -0.0433. The molecule has 1 aromatic heterocycles. The molecular weight excluding hydrogens is 395 g/mol. The number of nitrogens with one attached hydrogen (secondary N) is 1. The van der Waals surface area contributed by atoms with Crippen molar-refractivity contribution in [2.24, 2.45) is 0 Å². The third kappa shape index (κ3) is 4.73. The fourth-order valence-corrected chi connectivity index (χ4v) is 4.34. The molecule has 0 saturated carbocycles. The number of hydrogen-bond donors (Lipinski definition) is 3. The summed E-state index contributed by atoms with van der Waals surface area (Å²) in [5.74, 6) is 0.354. The summed E-state index contributed by atoms with van der Waals surface area (Å²) in [7, 11) is 0. The maximum atomic E-state index is 12.0. The van der Waals surface area contributed by atoms with Crippen LogP contribution in [0.25, 0.3) is 0 Å². The van der Waals surface area contributed by atoms with E-state index in [-0.39, 0.29) is 6.42 Å². The van der Waals surface area contributed by atoms with Crippen LogP contribution in [0.3, 0.4) is 0 Å². The summed E-state index contributed by atoms with van der Waals surface area (Å²) in [6.07, 6.45) is -0.894. The van der Waals surface area contributed by atoms with Crippen LogP contribution in [0.4, 0.5) is 0 Å². The second-order valence-electron chi connectivity index (χ2n) is 6.04. The summed E-state index contributed by atoms with van der Waals surface area (Å²) >= 11 is 5.05. The number of aryl methyl sites for hydroxylation is 1. The van der Waals surface area contributed by atoms with Crippen LogP contribution in [0.5, 0.6) is 5.75 Å². The Balaban J connectivity index is 1.77. The molecule has 1 unspecified atom stereocenters. The third-order valence-electron chi connectivity index (χ3n) is 4.05. The van der Waals surface area contributed by atoms with E-state index >= 15 is 0 Å². The molecular formula is C16H19N2O7PS. The van der Waals surface area contributed by atoms with E-state index in [1.165, 1.54) is 10.8 Å². The van der Waals surface area contributed by atoms with Crippen LogP contribution in [-0.4, -0.2) is 38.4 Å². The first-order valence-electron chi connectivity index (χ1n) is 8.13. The molecule has 2 aromatic rings. The van der Waals surface area contributed by atoms with Crippen LogP contribution >= 0.6 is 6.72 Å². The lowest BCUT2D eigenvalue weighted by Gasteiger charge is -2.22. The first kappa shape index (κ1) is 19.9. The number of ether oxygens (including phenoxy) is 1. The second-order valence-corrected chi connectivity index (χ2v) is 8.76. The Labute approximate surface area is 159 Å². The number of aromatic nitrogens is 2. The summed E-state index contributed by atoms with van der Waals surface area (Å²) in [6, 6.07) is 8.49. The Kier molecular flexibility index (Phi) is 5.95. The summed E-state index contributed by atoms with van der Waals surface area (Å²) in [6.45, 7) is -2.51. The molecule has 27 heavy (non-hydrogen) atoms. The fraction of sp³-hybridized carbons (Fsp3) is 0.375. The number of hydrogen-bond acceptors (Lipinski definition) is 7. The van der Waals surface area contributed by atoms with Gasteiger partial charge in [-0.15, -0.1) is 0 Å². The molecule has 0 spiro atoms. The Morgan fingerprint density at radius 3 is 2.74 bits per heavy atom. The zero-order chi connectivity index (χ0) is 19.6. The second kappa shape index (κ2) is 8.05. The lowest BCUT2D eigenvalue weighted by Crippen LogP contribution is -2.33. The van der Waals surface area contributed by atoms with Crippen LogP contribution in [0.2, 0.25) is 0 Å². The van der Waals surface area contributed by atoms with E-state index in [4.69, 9.17) is 25.6 Å². The van der Waals surface area contributed by atoms with Crippen molar-refractivity contribution < 1.29 is 23.8 Å². The van der Waals surface area contributed by atoms with Crippen LogP contribution in [0.15, 0.2) is 46.1 Å². The standard InChI is InChI=1S/C16H19N2O7PS/c1-10-8-18(16(21)17-15(10)20)14-7-12(13(9-19)23-14)25-26(22,27)24-11-5-3-2-4-6-11/h2-6,8,12-14,19H,7,9H2,1H3,(H,22,27)(H,17,20,21)/t12-,13+,14+,26?/m0/s1. The van der Waals surface area contributed by atoms with Gasteiger partial charge in [0.25, 0.3) is 5.56 Å². The molecule has 0 amide bonds. The minimum Gasteiger partial charge on any atom is -0.424 e. The summed E-state index contributed by atoms with van der Waals surface area (Å²) in [4.78, 5) is 36.1. The molecule has 0 bridgehead atoms. The van der Waals surface area contributed by atoms with Crippen LogP contribution in [0, 0.1) is 6.92 Å². The number of H-pyrrole nitrogens is 1. The molecule has 2 heterocycles. The van der Waals surface area contributed by atoms with Crippen molar-refractivity contribution >= 4 is 18.5 Å². The van der Waals surface area contributed by atoms with Crippen LogP contribution in [-0.2, 0) is 21.1 Å². The number of rotatable bonds is 6. The topological polar surface area (TPSA) is 123 Å². The molecule has 3 rings (SSSR count). The van der Waals surface area contributed by atoms with Gasteiger partial charge in [0.05, 0.1) is 6.61 Å².